The maximum absolute atomic E-state index is 11.1. The van der Waals surface area contributed by atoms with E-state index in [2.05, 4.69) is 23.4 Å². The van der Waals surface area contributed by atoms with E-state index < -0.39 is 43.7 Å². The molecule has 10 heteroatoms. The number of carbonyl (C=O) groups is 4. The van der Waals surface area contributed by atoms with Crippen LogP contribution in [0.5, 0.6) is 0 Å². The van der Waals surface area contributed by atoms with Crippen molar-refractivity contribution in [1.29, 1.82) is 0 Å². The van der Waals surface area contributed by atoms with Gasteiger partial charge >= 0.3 is 31.2 Å². The van der Waals surface area contributed by atoms with Gasteiger partial charge in [0.1, 0.15) is 6.42 Å². The molecule has 9 nitrogen and oxygen atoms in total. The van der Waals surface area contributed by atoms with E-state index in [-0.39, 0.29) is 0 Å². The highest BCUT2D eigenvalue weighted by Gasteiger charge is 2.49. The van der Waals surface area contributed by atoms with Gasteiger partial charge in [-0.1, -0.05) is 0 Å². The minimum atomic E-state index is -1.68. The smallest absolute Gasteiger partial charge is 0.473 e. The topological polar surface area (TPSA) is 114 Å². The minimum absolute atomic E-state index is 0.670. The second-order valence-corrected chi connectivity index (χ2v) is 3.01. The molecule has 1 aliphatic rings. The number of esters is 2. The highest BCUT2D eigenvalue weighted by molar-refractivity contribution is 6.45. The Kier molecular flexibility index (Phi) is 4.66. The van der Waals surface area contributed by atoms with Crippen LogP contribution in [0.2, 0.25) is 0 Å². The Morgan fingerprint density at radius 3 is 2.44 bits per heavy atom. The summed E-state index contributed by atoms with van der Waals surface area (Å²) in [6.07, 6.45) is -2.28. The first-order valence-electron chi connectivity index (χ1n) is 4.68. The van der Waals surface area contributed by atoms with Crippen molar-refractivity contribution in [3.63, 3.8) is 0 Å². The van der Waals surface area contributed by atoms with Crippen LogP contribution in [-0.4, -0.2) is 51.5 Å². The number of ether oxygens (including phenoxy) is 2. The van der Waals surface area contributed by atoms with Crippen LogP contribution in [0, 0.1) is 0 Å². The molecule has 0 aliphatic carbocycles. The van der Waals surface area contributed by atoms with Gasteiger partial charge in [0.15, 0.2) is 0 Å². The molecule has 0 radical (unpaired) electrons. The highest BCUT2D eigenvalue weighted by atomic mass is 16.8. The Morgan fingerprint density at radius 2 is 1.89 bits per heavy atom. The zero-order valence-electron chi connectivity index (χ0n) is 9.54. The Hall–Kier alpha value is -2.10. The molecule has 1 aliphatic heterocycles. The molecule has 98 valence electrons. The summed E-state index contributed by atoms with van der Waals surface area (Å²) in [4.78, 5) is 44.0. The van der Waals surface area contributed by atoms with E-state index in [1.165, 1.54) is 0 Å². The Bertz CT molecular complexity index is 379. The van der Waals surface area contributed by atoms with Gasteiger partial charge in [-0.05, 0) is 0 Å². The van der Waals surface area contributed by atoms with Crippen LogP contribution in [-0.2, 0) is 42.6 Å². The fourth-order valence-electron chi connectivity index (χ4n) is 1.00. The van der Waals surface area contributed by atoms with Crippen LogP contribution in [0.3, 0.4) is 0 Å². The number of hydrogen-bond acceptors (Lipinski definition) is 9. The van der Waals surface area contributed by atoms with E-state index in [0.29, 0.717) is 0 Å². The fourth-order valence-corrected chi connectivity index (χ4v) is 1.00. The quantitative estimate of drug-likeness (QED) is 0.327. The first-order chi connectivity index (χ1) is 8.47. The lowest BCUT2D eigenvalue weighted by Crippen LogP contribution is -2.30. The molecular weight excluding hydrogens is 251 g/mol. The van der Waals surface area contributed by atoms with Gasteiger partial charge in [-0.15, -0.1) is 0 Å². The van der Waals surface area contributed by atoms with E-state index in [0.717, 1.165) is 14.2 Å². The van der Waals surface area contributed by atoms with E-state index >= 15 is 0 Å². The maximum Gasteiger partial charge on any atom is 0.793 e. The molecule has 0 aromatic rings. The van der Waals surface area contributed by atoms with Gasteiger partial charge in [-0.25, -0.2) is 4.79 Å². The van der Waals surface area contributed by atoms with Crippen LogP contribution >= 0.6 is 0 Å². The molecule has 0 amide bonds. The van der Waals surface area contributed by atoms with E-state index in [4.69, 9.17) is 0 Å². The molecule has 0 bridgehead atoms. The average molecular weight is 260 g/mol. The number of carbonyl (C=O) groups excluding carboxylic acids is 4. The van der Waals surface area contributed by atoms with Gasteiger partial charge in [0.2, 0.25) is 6.10 Å². The normalized spacial score (nSPS) is 18.0. The van der Waals surface area contributed by atoms with E-state index in [9.17, 15) is 19.2 Å². The number of hydrogen-bond donors (Lipinski definition) is 0. The summed E-state index contributed by atoms with van der Waals surface area (Å²) in [5.74, 6) is -3.87. The van der Waals surface area contributed by atoms with Crippen molar-refractivity contribution in [3.05, 3.63) is 0 Å². The Labute approximate surface area is 101 Å². The van der Waals surface area contributed by atoms with Gasteiger partial charge in [-0.3, -0.25) is 14.4 Å². The predicted octanol–water partition coefficient (Wildman–Crippen LogP) is -1.81. The van der Waals surface area contributed by atoms with Gasteiger partial charge in [-0.2, -0.15) is 0 Å². The largest absolute Gasteiger partial charge is 0.793 e. The third-order valence-corrected chi connectivity index (χ3v) is 1.83. The van der Waals surface area contributed by atoms with Crippen molar-refractivity contribution in [3.8, 4) is 0 Å². The Balaban J connectivity index is 2.47. The summed E-state index contributed by atoms with van der Waals surface area (Å²) >= 11 is 0. The zero-order valence-corrected chi connectivity index (χ0v) is 9.54. The molecule has 1 fully saturated rings. The maximum atomic E-state index is 11.1. The molecule has 1 atom stereocenters. The summed E-state index contributed by atoms with van der Waals surface area (Å²) < 4.78 is 22.0. The number of methoxy groups -OCH3 is 2. The van der Waals surface area contributed by atoms with Crippen molar-refractivity contribution in [1.82, 2.24) is 0 Å². The summed E-state index contributed by atoms with van der Waals surface area (Å²) in [6.45, 7) is 0. The lowest BCUT2D eigenvalue weighted by atomic mass is 10.2. The van der Waals surface area contributed by atoms with Crippen molar-refractivity contribution in [2.45, 2.75) is 12.5 Å². The van der Waals surface area contributed by atoms with Crippen LogP contribution in [0.15, 0.2) is 0 Å². The molecule has 1 rings (SSSR count). The second kappa shape index (κ2) is 6.01. The van der Waals surface area contributed by atoms with Gasteiger partial charge in [0.05, 0.1) is 14.2 Å². The van der Waals surface area contributed by atoms with Crippen molar-refractivity contribution in [2.75, 3.05) is 14.2 Å². The lowest BCUT2D eigenvalue weighted by Gasteiger charge is -2.04. The van der Waals surface area contributed by atoms with Crippen LogP contribution in [0.25, 0.3) is 0 Å². The molecule has 18 heavy (non-hydrogen) atoms. The minimum Gasteiger partial charge on any atom is -0.473 e. The summed E-state index contributed by atoms with van der Waals surface area (Å²) in [6, 6.07) is 0. The molecule has 1 heterocycles. The van der Waals surface area contributed by atoms with Gasteiger partial charge in [0, 0.05) is 0 Å². The third-order valence-electron chi connectivity index (χ3n) is 1.83. The van der Waals surface area contributed by atoms with Gasteiger partial charge < -0.3 is 23.4 Å². The highest BCUT2D eigenvalue weighted by Crippen LogP contribution is 2.13. The molecule has 0 spiro atoms. The van der Waals surface area contributed by atoms with Crippen LogP contribution in [0.4, 0.5) is 0 Å². The van der Waals surface area contributed by atoms with Crippen molar-refractivity contribution < 1.29 is 42.6 Å². The first kappa shape index (κ1) is 14.0. The lowest BCUT2D eigenvalue weighted by molar-refractivity contribution is -0.155. The van der Waals surface area contributed by atoms with E-state index in [1.54, 1.807) is 0 Å². The Morgan fingerprint density at radius 1 is 1.22 bits per heavy atom. The summed E-state index contributed by atoms with van der Waals surface area (Å²) in [5.41, 5.74) is 0. The molecule has 0 aromatic heterocycles. The molecular formula is C8H9BO9. The van der Waals surface area contributed by atoms with E-state index in [1.807, 2.05) is 0 Å². The molecule has 1 saturated heterocycles. The third kappa shape index (κ3) is 3.45. The molecule has 0 N–H and O–H groups in total. The fraction of sp³-hybridized carbons (Fsp3) is 0.500. The SMILES string of the molecule is COC(=O)CC(=O)OB1OC(=O)C(C(=O)OC)O1. The average Bonchev–Trinajstić information content (AvgIpc) is 2.68. The summed E-state index contributed by atoms with van der Waals surface area (Å²) in [7, 11) is 0.462. The van der Waals surface area contributed by atoms with Crippen molar-refractivity contribution in [2.24, 2.45) is 0 Å². The van der Waals surface area contributed by atoms with Crippen LogP contribution in [0.1, 0.15) is 6.42 Å². The zero-order chi connectivity index (χ0) is 13.7. The standard InChI is InChI=1S/C8H9BO9/c1-14-4(10)3-5(11)16-9-17-6(7(12)15-2)8(13)18-9/h6H,3H2,1-2H3. The molecule has 1 unspecified atom stereocenters. The predicted molar refractivity (Wildman–Crippen MR) is 51.5 cm³/mol. The first-order valence-corrected chi connectivity index (χ1v) is 4.68. The van der Waals surface area contributed by atoms with Crippen molar-refractivity contribution >= 4 is 31.2 Å². The number of rotatable bonds is 4. The monoisotopic (exact) mass is 260 g/mol. The molecule has 0 aromatic carbocycles. The van der Waals surface area contributed by atoms with Crippen LogP contribution < -0.4 is 0 Å². The van der Waals surface area contributed by atoms with Gasteiger partial charge in [0.25, 0.3) is 0 Å². The molecule has 0 saturated carbocycles. The summed E-state index contributed by atoms with van der Waals surface area (Å²) in [5, 5.41) is 0. The second-order valence-electron chi connectivity index (χ2n) is 3.01.